The van der Waals surface area contributed by atoms with Gasteiger partial charge in [-0.2, -0.15) is 23.5 Å². The normalized spacial score (nSPS) is 20.0. The quantitative estimate of drug-likeness (QED) is 0.813. The van der Waals surface area contributed by atoms with Gasteiger partial charge in [-0.05, 0) is 12.8 Å². The Kier molecular flexibility index (Phi) is 4.30. The number of aryl methyl sites for hydroxylation is 1. The molecule has 0 radical (unpaired) electrons. The number of nitrogens with one attached hydrogen (secondary N) is 1. The fraction of sp³-hybridized carbons (Fsp3) is 0.412. The summed E-state index contributed by atoms with van der Waals surface area (Å²) in [5, 5.41) is 13.5. The van der Waals surface area contributed by atoms with E-state index in [9.17, 15) is 8.42 Å². The maximum absolute atomic E-state index is 12.9. The van der Waals surface area contributed by atoms with E-state index in [2.05, 4.69) is 16.0 Å². The number of nitriles is 1. The third-order valence-corrected chi connectivity index (χ3v) is 6.33. The summed E-state index contributed by atoms with van der Waals surface area (Å²) in [6.45, 7) is 2.11. The van der Waals surface area contributed by atoms with E-state index in [1.54, 1.807) is 9.58 Å². The Morgan fingerprint density at radius 1 is 1.19 bits per heavy atom. The topological polar surface area (TPSA) is 94.3 Å². The number of fused-ring (bicyclic) bond motifs is 1. The molecule has 2 aliphatic rings. The molecule has 1 aromatic heterocycles. The predicted molar refractivity (Wildman–Crippen MR) is 97.3 cm³/mol. The van der Waals surface area contributed by atoms with Gasteiger partial charge in [0.2, 0.25) is 0 Å². The van der Waals surface area contributed by atoms with E-state index >= 15 is 0 Å². The highest BCUT2D eigenvalue weighted by Crippen LogP contribution is 2.29. The summed E-state index contributed by atoms with van der Waals surface area (Å²) < 4.78 is 31.7. The monoisotopic (exact) mass is 372 g/mol. The number of aromatic nitrogens is 2. The van der Waals surface area contributed by atoms with Crippen molar-refractivity contribution in [2.24, 2.45) is 0 Å². The van der Waals surface area contributed by atoms with Crippen LogP contribution in [-0.4, -0.2) is 48.8 Å². The number of likely N-dealkylation sites (tertiary alicyclic amines) is 1. The molecule has 2 aliphatic heterocycles. The molecule has 8 nitrogen and oxygen atoms in total. The van der Waals surface area contributed by atoms with Gasteiger partial charge in [0.05, 0.1) is 5.69 Å². The lowest BCUT2D eigenvalue weighted by molar-refractivity contribution is 0.468. The molecule has 1 aromatic carbocycles. The van der Waals surface area contributed by atoms with Gasteiger partial charge < -0.3 is 4.90 Å². The number of rotatable bonds is 4. The Morgan fingerprint density at radius 3 is 2.73 bits per heavy atom. The molecule has 1 saturated heterocycles. The van der Waals surface area contributed by atoms with E-state index in [0.29, 0.717) is 44.8 Å². The molecule has 136 valence electrons. The van der Waals surface area contributed by atoms with E-state index in [1.165, 1.54) is 4.31 Å². The number of hydrogen-bond acceptors (Lipinski definition) is 5. The fourth-order valence-corrected chi connectivity index (χ4v) is 4.97. The van der Waals surface area contributed by atoms with Crippen molar-refractivity contribution in [3.05, 3.63) is 36.4 Å². The van der Waals surface area contributed by atoms with Gasteiger partial charge in [0, 0.05) is 43.9 Å². The third-order valence-electron chi connectivity index (χ3n) is 4.75. The summed E-state index contributed by atoms with van der Waals surface area (Å²) in [5.74, 6) is 0.581. The second-order valence-electron chi connectivity index (χ2n) is 6.56. The highest BCUT2D eigenvalue weighted by Gasteiger charge is 2.33. The van der Waals surface area contributed by atoms with Gasteiger partial charge in [0.25, 0.3) is 0 Å². The van der Waals surface area contributed by atoms with E-state index in [1.807, 2.05) is 36.4 Å². The summed E-state index contributed by atoms with van der Waals surface area (Å²) in [7, 11) is -3.69. The lowest BCUT2D eigenvalue weighted by Crippen LogP contribution is -2.48. The van der Waals surface area contributed by atoms with Gasteiger partial charge >= 0.3 is 10.2 Å². The molecule has 9 heteroatoms. The number of benzene rings is 1. The summed E-state index contributed by atoms with van der Waals surface area (Å²) in [4.78, 5) is 1.57. The van der Waals surface area contributed by atoms with Crippen LogP contribution in [0, 0.1) is 11.5 Å². The van der Waals surface area contributed by atoms with Gasteiger partial charge in [-0.3, -0.25) is 0 Å². The molecule has 0 spiro atoms. The predicted octanol–water partition coefficient (Wildman–Crippen LogP) is 1.15. The molecule has 0 bridgehead atoms. The highest BCUT2D eigenvalue weighted by atomic mass is 32.2. The van der Waals surface area contributed by atoms with E-state index in [-0.39, 0.29) is 6.04 Å². The van der Waals surface area contributed by atoms with Gasteiger partial charge in [-0.25, -0.2) is 8.99 Å². The van der Waals surface area contributed by atoms with Gasteiger partial charge in [-0.1, -0.05) is 30.3 Å². The first-order valence-electron chi connectivity index (χ1n) is 8.65. The van der Waals surface area contributed by atoms with Crippen LogP contribution in [0.4, 0.5) is 5.82 Å². The Balaban J connectivity index is 1.59. The van der Waals surface area contributed by atoms with Crippen LogP contribution in [0.1, 0.15) is 12.8 Å². The van der Waals surface area contributed by atoms with Crippen molar-refractivity contribution < 1.29 is 8.42 Å². The van der Waals surface area contributed by atoms with Gasteiger partial charge in [-0.15, -0.1) is 0 Å². The lowest BCUT2D eigenvalue weighted by Gasteiger charge is -2.29. The lowest BCUT2D eigenvalue weighted by atomic mass is 10.1. The Bertz CT molecular complexity index is 934. The van der Waals surface area contributed by atoms with Crippen molar-refractivity contribution in [1.29, 1.82) is 5.26 Å². The number of anilines is 1. The zero-order valence-electron chi connectivity index (χ0n) is 14.2. The van der Waals surface area contributed by atoms with Crippen molar-refractivity contribution in [2.45, 2.75) is 25.4 Å². The largest absolute Gasteiger partial charge is 0.309 e. The molecule has 2 aromatic rings. The van der Waals surface area contributed by atoms with Crippen LogP contribution in [-0.2, 0) is 16.8 Å². The van der Waals surface area contributed by atoms with Crippen LogP contribution in [0.5, 0.6) is 0 Å². The van der Waals surface area contributed by atoms with E-state index < -0.39 is 10.2 Å². The first-order chi connectivity index (χ1) is 12.6. The van der Waals surface area contributed by atoms with Gasteiger partial charge in [0.15, 0.2) is 6.19 Å². The van der Waals surface area contributed by atoms with Crippen molar-refractivity contribution in [1.82, 2.24) is 19.4 Å². The first kappa shape index (κ1) is 16.9. The molecular weight excluding hydrogens is 352 g/mol. The first-order valence-corrected chi connectivity index (χ1v) is 10.1. The zero-order valence-corrected chi connectivity index (χ0v) is 15.1. The summed E-state index contributed by atoms with van der Waals surface area (Å²) in [6, 6.07) is 11.3. The number of nitrogens with zero attached hydrogens (tertiary/aromatic N) is 5. The zero-order chi connectivity index (χ0) is 18.1. The molecule has 0 aliphatic carbocycles. The maximum atomic E-state index is 12.9. The van der Waals surface area contributed by atoms with Crippen LogP contribution in [0.25, 0.3) is 11.3 Å². The molecule has 1 atom stereocenters. The van der Waals surface area contributed by atoms with Crippen molar-refractivity contribution >= 4 is 16.0 Å². The van der Waals surface area contributed by atoms with Crippen LogP contribution in [0.2, 0.25) is 0 Å². The molecule has 1 fully saturated rings. The summed E-state index contributed by atoms with van der Waals surface area (Å²) >= 11 is 0. The van der Waals surface area contributed by atoms with Crippen molar-refractivity contribution in [3.8, 4) is 17.5 Å². The Morgan fingerprint density at radius 2 is 2.00 bits per heavy atom. The molecule has 0 unspecified atom stereocenters. The highest BCUT2D eigenvalue weighted by molar-refractivity contribution is 7.90. The number of hydrogen-bond donors (Lipinski definition) is 1. The average Bonchev–Trinajstić information content (AvgIpc) is 3.28. The van der Waals surface area contributed by atoms with E-state index in [4.69, 9.17) is 5.26 Å². The minimum Gasteiger partial charge on any atom is -0.309 e. The SMILES string of the molecule is N#CN1CC[C@@H](NS(=O)(=O)N2CCCn3nc(-c4ccccc4)cc32)C1. The van der Waals surface area contributed by atoms with Crippen LogP contribution >= 0.6 is 0 Å². The second kappa shape index (κ2) is 6.63. The second-order valence-corrected chi connectivity index (χ2v) is 8.18. The van der Waals surface area contributed by atoms with Crippen molar-refractivity contribution in [2.75, 3.05) is 23.9 Å². The molecular formula is C17H20N6O2S. The van der Waals surface area contributed by atoms with Crippen molar-refractivity contribution in [3.63, 3.8) is 0 Å². The van der Waals surface area contributed by atoms with E-state index in [0.717, 1.165) is 11.3 Å². The molecule has 26 heavy (non-hydrogen) atoms. The van der Waals surface area contributed by atoms with Gasteiger partial charge in [0.1, 0.15) is 5.82 Å². The molecule has 0 saturated carbocycles. The average molecular weight is 372 g/mol. The summed E-state index contributed by atoms with van der Waals surface area (Å²) in [6.07, 6.45) is 3.41. The smallest absolute Gasteiger partial charge is 0.303 e. The molecule has 3 heterocycles. The van der Waals surface area contributed by atoms with Crippen LogP contribution in [0.15, 0.2) is 36.4 Å². The van der Waals surface area contributed by atoms with Crippen LogP contribution < -0.4 is 9.03 Å². The Hall–Kier alpha value is -2.57. The minimum absolute atomic E-state index is 0.244. The maximum Gasteiger partial charge on any atom is 0.303 e. The molecule has 1 N–H and O–H groups in total. The fourth-order valence-electron chi connectivity index (χ4n) is 3.47. The molecule has 0 amide bonds. The Labute approximate surface area is 152 Å². The summed E-state index contributed by atoms with van der Waals surface area (Å²) in [5.41, 5.74) is 1.72. The standard InChI is InChI=1S/C17H20N6O2S/c18-13-21-10-7-15(12-21)20-26(24,25)23-9-4-8-22-17(23)11-16(19-22)14-5-2-1-3-6-14/h1-3,5-6,11,15,20H,4,7-10,12H2/t15-/m1/s1. The van der Waals surface area contributed by atoms with Crippen LogP contribution in [0.3, 0.4) is 0 Å². The minimum atomic E-state index is -3.69. The molecule has 4 rings (SSSR count). The third kappa shape index (κ3) is 3.13.